The fraction of sp³-hybridized carbons (Fsp3) is 0.708. The molecule has 174 valence electrons. The van der Waals surface area contributed by atoms with E-state index < -0.39 is 0 Å². The van der Waals surface area contributed by atoms with Crippen molar-refractivity contribution in [2.24, 2.45) is 5.92 Å². The molecule has 2 saturated heterocycles. The van der Waals surface area contributed by atoms with Gasteiger partial charge in [0.2, 0.25) is 5.91 Å². The van der Waals surface area contributed by atoms with Crippen molar-refractivity contribution in [3.8, 4) is 0 Å². The van der Waals surface area contributed by atoms with Crippen molar-refractivity contribution in [2.75, 3.05) is 38.1 Å². The lowest BCUT2D eigenvalue weighted by Gasteiger charge is -2.47. The lowest BCUT2D eigenvalue weighted by atomic mass is 9.79. The zero-order chi connectivity index (χ0) is 22.7. The van der Waals surface area contributed by atoms with E-state index in [2.05, 4.69) is 60.3 Å². The highest BCUT2D eigenvalue weighted by Crippen LogP contribution is 2.33. The van der Waals surface area contributed by atoms with Crippen LogP contribution in [0, 0.1) is 5.92 Å². The Labute approximate surface area is 190 Å². The van der Waals surface area contributed by atoms with Crippen LogP contribution in [-0.2, 0) is 17.6 Å². The van der Waals surface area contributed by atoms with Gasteiger partial charge in [0, 0.05) is 61.3 Å². The van der Waals surface area contributed by atoms with E-state index in [-0.39, 0.29) is 28.9 Å². The second kappa shape index (κ2) is 7.70. The number of nitrogens with one attached hydrogen (secondary N) is 2. The molecular weight excluding hydrogens is 402 g/mol. The number of aromatic nitrogens is 3. The molecule has 8 heteroatoms. The summed E-state index contributed by atoms with van der Waals surface area (Å²) < 4.78 is 1.97. The molecule has 3 aliphatic heterocycles. The van der Waals surface area contributed by atoms with E-state index in [1.807, 2.05) is 16.8 Å². The zero-order valence-electron chi connectivity index (χ0n) is 20.1. The van der Waals surface area contributed by atoms with Crippen LogP contribution in [0.3, 0.4) is 0 Å². The molecule has 0 aliphatic carbocycles. The van der Waals surface area contributed by atoms with Crippen LogP contribution in [0.2, 0.25) is 0 Å². The summed E-state index contributed by atoms with van der Waals surface area (Å²) >= 11 is 0. The van der Waals surface area contributed by atoms with Crippen LogP contribution in [0.15, 0.2) is 12.3 Å². The number of carbonyl (C=O) groups is 1. The van der Waals surface area contributed by atoms with Crippen LogP contribution in [-0.4, -0.2) is 75.8 Å². The van der Waals surface area contributed by atoms with Gasteiger partial charge in [0.05, 0.1) is 17.8 Å². The van der Waals surface area contributed by atoms with E-state index in [1.54, 1.807) is 0 Å². The molecule has 0 spiro atoms. The van der Waals surface area contributed by atoms with Gasteiger partial charge >= 0.3 is 0 Å². The molecule has 32 heavy (non-hydrogen) atoms. The monoisotopic (exact) mass is 439 g/mol. The van der Waals surface area contributed by atoms with E-state index in [4.69, 9.17) is 4.98 Å². The Morgan fingerprint density at radius 1 is 1.12 bits per heavy atom. The standard InChI is InChI=1S/C24H37N7O/c1-23(2)12-17(13-24(3,4)28-23)26-21(32)16-14-30(15-16)22-18-7-10-29(5)11-8-19(18)27-20-6-9-25-31(20)22/h6,9,16-17,28H,7-8,10-15H2,1-5H3,(H,26,32). The van der Waals surface area contributed by atoms with Gasteiger partial charge in [-0.3, -0.25) is 4.79 Å². The molecule has 8 nitrogen and oxygen atoms in total. The van der Waals surface area contributed by atoms with E-state index in [0.717, 1.165) is 63.3 Å². The van der Waals surface area contributed by atoms with Crippen LogP contribution in [0.25, 0.3) is 5.65 Å². The van der Waals surface area contributed by atoms with Crippen LogP contribution < -0.4 is 15.5 Å². The Morgan fingerprint density at radius 3 is 2.53 bits per heavy atom. The Balaban J connectivity index is 1.31. The van der Waals surface area contributed by atoms with Crippen molar-refractivity contribution >= 4 is 17.4 Å². The van der Waals surface area contributed by atoms with Crippen molar-refractivity contribution < 1.29 is 4.79 Å². The summed E-state index contributed by atoms with van der Waals surface area (Å²) in [7, 11) is 2.17. The average molecular weight is 440 g/mol. The molecule has 1 amide bonds. The minimum Gasteiger partial charge on any atom is -0.354 e. The molecular formula is C24H37N7O. The fourth-order valence-electron chi connectivity index (χ4n) is 6.07. The number of anilines is 1. The van der Waals surface area contributed by atoms with Gasteiger partial charge in [-0.2, -0.15) is 9.61 Å². The number of rotatable bonds is 3. The van der Waals surface area contributed by atoms with Crippen molar-refractivity contribution in [2.45, 2.75) is 70.5 Å². The third-order valence-corrected chi connectivity index (χ3v) is 7.25. The Hall–Kier alpha value is -2.19. The highest BCUT2D eigenvalue weighted by atomic mass is 16.2. The predicted octanol–water partition coefficient (Wildman–Crippen LogP) is 1.62. The molecule has 0 saturated carbocycles. The summed E-state index contributed by atoms with van der Waals surface area (Å²) in [6, 6.07) is 2.19. The molecule has 2 aromatic rings. The van der Waals surface area contributed by atoms with Gasteiger partial charge in [-0.1, -0.05) is 0 Å². The highest BCUT2D eigenvalue weighted by Gasteiger charge is 2.41. The minimum absolute atomic E-state index is 0.0266. The molecule has 0 bridgehead atoms. The van der Waals surface area contributed by atoms with Crippen LogP contribution in [0.4, 0.5) is 5.82 Å². The number of likely N-dealkylation sites (N-methyl/N-ethyl adjacent to an activating group) is 1. The molecule has 0 atom stereocenters. The average Bonchev–Trinajstić information content (AvgIpc) is 3.01. The zero-order valence-corrected chi connectivity index (χ0v) is 20.1. The van der Waals surface area contributed by atoms with E-state index in [9.17, 15) is 4.79 Å². The summed E-state index contributed by atoms with van der Waals surface area (Å²) in [5.41, 5.74) is 3.43. The summed E-state index contributed by atoms with van der Waals surface area (Å²) in [5.74, 6) is 1.36. The maximum Gasteiger partial charge on any atom is 0.226 e. The van der Waals surface area contributed by atoms with Crippen LogP contribution in [0.1, 0.15) is 51.8 Å². The first-order valence-corrected chi connectivity index (χ1v) is 12.0. The number of fused-ring (bicyclic) bond motifs is 2. The number of nitrogens with zero attached hydrogens (tertiary/aromatic N) is 5. The Bertz CT molecular complexity index is 1000. The van der Waals surface area contributed by atoms with Gasteiger partial charge in [-0.05, 0) is 54.0 Å². The Morgan fingerprint density at radius 2 is 1.81 bits per heavy atom. The SMILES string of the molecule is CN1CCc2nc3ccnn3c(N3CC(C(=O)NC4CC(C)(C)NC(C)(C)C4)C3)c2CC1. The first-order valence-electron chi connectivity index (χ1n) is 12.0. The van der Waals surface area contributed by atoms with E-state index in [0.29, 0.717) is 0 Å². The van der Waals surface area contributed by atoms with Gasteiger partial charge in [-0.15, -0.1) is 0 Å². The number of carbonyl (C=O) groups excluding carboxylic acids is 1. The summed E-state index contributed by atoms with van der Waals surface area (Å²) in [5, 5.41) is 11.6. The quantitative estimate of drug-likeness (QED) is 0.757. The molecule has 2 fully saturated rings. The molecule has 0 unspecified atom stereocenters. The second-order valence-electron chi connectivity index (χ2n) is 11.4. The third kappa shape index (κ3) is 4.10. The van der Waals surface area contributed by atoms with Gasteiger partial charge in [0.25, 0.3) is 0 Å². The first-order chi connectivity index (χ1) is 15.1. The largest absolute Gasteiger partial charge is 0.354 e. The maximum atomic E-state index is 13.1. The summed E-state index contributed by atoms with van der Waals surface area (Å²) in [6.45, 7) is 12.4. The summed E-state index contributed by atoms with van der Waals surface area (Å²) in [6.07, 6.45) is 5.66. The van der Waals surface area contributed by atoms with E-state index in [1.165, 1.54) is 11.3 Å². The summed E-state index contributed by atoms with van der Waals surface area (Å²) in [4.78, 5) is 22.7. The molecule has 5 rings (SSSR count). The number of piperidine rings is 1. The van der Waals surface area contributed by atoms with Gasteiger partial charge in [0.15, 0.2) is 5.65 Å². The van der Waals surface area contributed by atoms with Crippen molar-refractivity contribution in [1.29, 1.82) is 0 Å². The molecule has 3 aliphatic rings. The number of amides is 1. The lowest BCUT2D eigenvalue weighted by Crippen LogP contribution is -2.63. The van der Waals surface area contributed by atoms with Gasteiger partial charge in [-0.25, -0.2) is 4.98 Å². The minimum atomic E-state index is 0.0266. The van der Waals surface area contributed by atoms with Crippen LogP contribution in [0.5, 0.6) is 0 Å². The molecule has 2 aromatic heterocycles. The Kier molecular flexibility index (Phi) is 5.21. The first kappa shape index (κ1) is 21.6. The predicted molar refractivity (Wildman–Crippen MR) is 126 cm³/mol. The molecule has 0 radical (unpaired) electrons. The topological polar surface area (TPSA) is 77.8 Å². The maximum absolute atomic E-state index is 13.1. The normalized spacial score (nSPS) is 24.1. The van der Waals surface area contributed by atoms with E-state index >= 15 is 0 Å². The van der Waals surface area contributed by atoms with Crippen molar-refractivity contribution in [3.05, 3.63) is 23.5 Å². The highest BCUT2D eigenvalue weighted by molar-refractivity contribution is 5.82. The van der Waals surface area contributed by atoms with Gasteiger partial charge in [0.1, 0.15) is 5.82 Å². The second-order valence-corrected chi connectivity index (χ2v) is 11.4. The molecule has 0 aromatic carbocycles. The van der Waals surface area contributed by atoms with Gasteiger partial charge < -0.3 is 20.4 Å². The van der Waals surface area contributed by atoms with Crippen molar-refractivity contribution in [3.63, 3.8) is 0 Å². The lowest BCUT2D eigenvalue weighted by molar-refractivity contribution is -0.127. The van der Waals surface area contributed by atoms with Crippen molar-refractivity contribution in [1.82, 2.24) is 30.1 Å². The smallest absolute Gasteiger partial charge is 0.226 e. The molecule has 2 N–H and O–H groups in total. The number of hydrogen-bond donors (Lipinski definition) is 2. The van der Waals surface area contributed by atoms with Crippen LogP contribution >= 0.6 is 0 Å². The third-order valence-electron chi connectivity index (χ3n) is 7.25. The molecule has 5 heterocycles. The number of hydrogen-bond acceptors (Lipinski definition) is 6. The fourth-order valence-corrected chi connectivity index (χ4v) is 6.07.